The maximum atomic E-state index is 12.6. The number of hydrogen-bond donors (Lipinski definition) is 1. The van der Waals surface area contributed by atoms with Gasteiger partial charge in [0, 0.05) is 0 Å². The lowest BCUT2D eigenvalue weighted by atomic mass is 10.1. The molecule has 0 bridgehead atoms. The van der Waals surface area contributed by atoms with Gasteiger partial charge >= 0.3 is 0 Å². The van der Waals surface area contributed by atoms with Crippen LogP contribution in [0.5, 0.6) is 5.75 Å². The van der Waals surface area contributed by atoms with Crippen molar-refractivity contribution in [1.29, 1.82) is 0 Å². The zero-order valence-electron chi connectivity index (χ0n) is 17.2. The number of sulfonamides is 1. The summed E-state index contributed by atoms with van der Waals surface area (Å²) >= 11 is 0. The number of hydrogen-bond acceptors (Lipinski definition) is 4. The molecule has 1 N–H and O–H groups in total. The molecule has 1 amide bonds. The molecule has 2 rings (SSSR count). The molecular formula is C21H28N2O4S. The van der Waals surface area contributed by atoms with Crippen LogP contribution in [0.25, 0.3) is 0 Å². The van der Waals surface area contributed by atoms with Crippen molar-refractivity contribution in [3.8, 4) is 5.75 Å². The van der Waals surface area contributed by atoms with Gasteiger partial charge in [0.25, 0.3) is 0 Å². The Balaban J connectivity index is 2.22. The predicted molar refractivity (Wildman–Crippen MR) is 112 cm³/mol. The zero-order valence-corrected chi connectivity index (χ0v) is 18.1. The van der Waals surface area contributed by atoms with Crippen LogP contribution in [-0.4, -0.2) is 34.2 Å². The number of methoxy groups -OCH3 is 1. The number of aryl methyl sites for hydroxylation is 3. The van der Waals surface area contributed by atoms with Crippen molar-refractivity contribution in [2.24, 2.45) is 0 Å². The Morgan fingerprint density at radius 2 is 1.64 bits per heavy atom. The van der Waals surface area contributed by atoms with E-state index in [0.717, 1.165) is 34.3 Å². The van der Waals surface area contributed by atoms with Gasteiger partial charge in [-0.1, -0.05) is 29.8 Å². The van der Waals surface area contributed by atoms with E-state index >= 15 is 0 Å². The first kappa shape index (κ1) is 21.8. The number of nitrogens with one attached hydrogen (secondary N) is 1. The third-order valence-corrected chi connectivity index (χ3v) is 5.68. The van der Waals surface area contributed by atoms with Gasteiger partial charge < -0.3 is 10.1 Å². The first-order valence-corrected chi connectivity index (χ1v) is 10.9. The van der Waals surface area contributed by atoms with Gasteiger partial charge in [-0.2, -0.15) is 0 Å². The first-order chi connectivity index (χ1) is 13.0. The van der Waals surface area contributed by atoms with Gasteiger partial charge in [-0.3, -0.25) is 9.10 Å². The van der Waals surface area contributed by atoms with E-state index in [2.05, 4.69) is 5.32 Å². The maximum Gasteiger partial charge on any atom is 0.241 e. The highest BCUT2D eigenvalue weighted by atomic mass is 32.2. The minimum absolute atomic E-state index is 0.264. The highest BCUT2D eigenvalue weighted by molar-refractivity contribution is 7.92. The van der Waals surface area contributed by atoms with Crippen molar-refractivity contribution < 1.29 is 17.9 Å². The third-order valence-electron chi connectivity index (χ3n) is 4.57. The summed E-state index contributed by atoms with van der Waals surface area (Å²) in [5.41, 5.74) is 4.14. The molecule has 0 saturated heterocycles. The minimum Gasteiger partial charge on any atom is -0.497 e. The van der Waals surface area contributed by atoms with Crippen LogP contribution >= 0.6 is 0 Å². The quantitative estimate of drug-likeness (QED) is 0.769. The smallest absolute Gasteiger partial charge is 0.241 e. The Kier molecular flexibility index (Phi) is 6.72. The lowest BCUT2D eigenvalue weighted by molar-refractivity contribution is -0.120. The van der Waals surface area contributed by atoms with Crippen molar-refractivity contribution in [3.05, 3.63) is 58.7 Å². The number of amides is 1. The van der Waals surface area contributed by atoms with Crippen molar-refractivity contribution in [3.63, 3.8) is 0 Å². The molecule has 0 spiro atoms. The number of rotatable bonds is 7. The van der Waals surface area contributed by atoms with Gasteiger partial charge in [-0.05, 0) is 56.5 Å². The molecule has 1 unspecified atom stereocenters. The molecule has 2 aromatic rings. The van der Waals surface area contributed by atoms with Crippen LogP contribution in [-0.2, 0) is 14.8 Å². The average molecular weight is 405 g/mol. The molecule has 0 fully saturated rings. The molecule has 0 aromatic heterocycles. The second-order valence-corrected chi connectivity index (χ2v) is 8.99. The predicted octanol–water partition coefficient (Wildman–Crippen LogP) is 3.26. The van der Waals surface area contributed by atoms with Crippen molar-refractivity contribution in [1.82, 2.24) is 5.32 Å². The van der Waals surface area contributed by atoms with E-state index in [1.807, 2.05) is 64.1 Å². The first-order valence-electron chi connectivity index (χ1n) is 9.01. The van der Waals surface area contributed by atoms with Gasteiger partial charge in [0.15, 0.2) is 0 Å². The summed E-state index contributed by atoms with van der Waals surface area (Å²) in [6, 6.07) is 10.9. The standard InChI is InChI=1S/C21H28N2O4S/c1-14-11-15(2)21(16(3)12-14)23(28(6,25)26)13-20(24)22-17(4)18-7-9-19(27-5)10-8-18/h7-12,17H,13H2,1-6H3,(H,22,24). The van der Waals surface area contributed by atoms with Crippen LogP contribution in [0.3, 0.4) is 0 Å². The van der Waals surface area contributed by atoms with Crippen LogP contribution in [0, 0.1) is 20.8 Å². The number of carbonyl (C=O) groups excluding carboxylic acids is 1. The summed E-state index contributed by atoms with van der Waals surface area (Å²) in [4.78, 5) is 12.6. The molecule has 0 aliphatic heterocycles. The number of anilines is 1. The van der Waals surface area contributed by atoms with Crippen LogP contribution in [0.15, 0.2) is 36.4 Å². The zero-order chi connectivity index (χ0) is 21.1. The Bertz CT molecular complexity index is 930. The summed E-state index contributed by atoms with van der Waals surface area (Å²) in [5, 5.41) is 2.87. The number of nitrogens with zero attached hydrogens (tertiary/aromatic N) is 1. The van der Waals surface area contributed by atoms with E-state index in [9.17, 15) is 13.2 Å². The largest absolute Gasteiger partial charge is 0.497 e. The van der Waals surface area contributed by atoms with E-state index in [0.29, 0.717) is 5.69 Å². The minimum atomic E-state index is -3.62. The fraction of sp³-hybridized carbons (Fsp3) is 0.381. The normalized spacial score (nSPS) is 12.4. The molecular weight excluding hydrogens is 376 g/mol. The average Bonchev–Trinajstić information content (AvgIpc) is 2.59. The monoisotopic (exact) mass is 404 g/mol. The fourth-order valence-electron chi connectivity index (χ4n) is 3.32. The van der Waals surface area contributed by atoms with E-state index in [1.54, 1.807) is 7.11 Å². The summed E-state index contributed by atoms with van der Waals surface area (Å²) in [6.07, 6.45) is 1.12. The molecule has 28 heavy (non-hydrogen) atoms. The summed E-state index contributed by atoms with van der Waals surface area (Å²) in [7, 11) is -2.03. The number of carbonyl (C=O) groups is 1. The van der Waals surface area contributed by atoms with Gasteiger partial charge in [-0.15, -0.1) is 0 Å². The third kappa shape index (κ3) is 5.25. The van der Waals surface area contributed by atoms with E-state index in [4.69, 9.17) is 4.74 Å². The highest BCUT2D eigenvalue weighted by Crippen LogP contribution is 2.28. The van der Waals surface area contributed by atoms with Gasteiger partial charge in [0.2, 0.25) is 15.9 Å². The molecule has 0 saturated carbocycles. The number of benzene rings is 2. The van der Waals surface area contributed by atoms with Crippen molar-refractivity contribution in [2.45, 2.75) is 33.7 Å². The second kappa shape index (κ2) is 8.65. The van der Waals surface area contributed by atoms with E-state index in [1.165, 1.54) is 4.31 Å². The van der Waals surface area contributed by atoms with E-state index in [-0.39, 0.29) is 18.5 Å². The Morgan fingerprint density at radius 1 is 1.11 bits per heavy atom. The molecule has 0 radical (unpaired) electrons. The topological polar surface area (TPSA) is 75.7 Å². The summed E-state index contributed by atoms with van der Waals surface area (Å²) in [6.45, 7) is 7.24. The lowest BCUT2D eigenvalue weighted by Crippen LogP contribution is -2.41. The SMILES string of the molecule is COc1ccc(C(C)NC(=O)CN(c2c(C)cc(C)cc2C)S(C)(=O)=O)cc1. The molecule has 7 heteroatoms. The fourth-order valence-corrected chi connectivity index (χ4v) is 4.29. The second-order valence-electron chi connectivity index (χ2n) is 7.08. The summed E-state index contributed by atoms with van der Waals surface area (Å²) < 4.78 is 31.1. The van der Waals surface area contributed by atoms with Crippen molar-refractivity contribution in [2.75, 3.05) is 24.2 Å². The summed E-state index contributed by atoms with van der Waals surface area (Å²) in [5.74, 6) is 0.365. The molecule has 6 nitrogen and oxygen atoms in total. The molecule has 0 heterocycles. The van der Waals surface area contributed by atoms with Crippen LogP contribution in [0.2, 0.25) is 0 Å². The maximum absolute atomic E-state index is 12.6. The van der Waals surface area contributed by atoms with E-state index < -0.39 is 10.0 Å². The number of ether oxygens (including phenoxy) is 1. The molecule has 0 aliphatic rings. The van der Waals surface area contributed by atoms with Gasteiger partial charge in [0.05, 0.1) is 25.1 Å². The Labute approximate surface area is 167 Å². The highest BCUT2D eigenvalue weighted by Gasteiger charge is 2.25. The van der Waals surface area contributed by atoms with Crippen LogP contribution in [0.1, 0.15) is 35.2 Å². The Morgan fingerprint density at radius 3 is 2.11 bits per heavy atom. The van der Waals surface area contributed by atoms with Crippen LogP contribution in [0.4, 0.5) is 5.69 Å². The van der Waals surface area contributed by atoms with Gasteiger partial charge in [0.1, 0.15) is 12.3 Å². The van der Waals surface area contributed by atoms with Gasteiger partial charge in [-0.25, -0.2) is 8.42 Å². The molecule has 2 aromatic carbocycles. The molecule has 0 aliphatic carbocycles. The lowest BCUT2D eigenvalue weighted by Gasteiger charge is -2.26. The van der Waals surface area contributed by atoms with Crippen molar-refractivity contribution >= 4 is 21.6 Å². The molecule has 152 valence electrons. The van der Waals surface area contributed by atoms with Crippen LogP contribution < -0.4 is 14.4 Å². The molecule has 1 atom stereocenters. The Hall–Kier alpha value is -2.54.